The van der Waals surface area contributed by atoms with Gasteiger partial charge in [0.15, 0.2) is 0 Å². The van der Waals surface area contributed by atoms with Gasteiger partial charge in [-0.3, -0.25) is 4.79 Å². The fourth-order valence-corrected chi connectivity index (χ4v) is 3.26. The summed E-state index contributed by atoms with van der Waals surface area (Å²) in [5, 5.41) is 7.41. The summed E-state index contributed by atoms with van der Waals surface area (Å²) in [6.07, 6.45) is 8.93. The van der Waals surface area contributed by atoms with Crippen LogP contribution in [0.25, 0.3) is 0 Å². The van der Waals surface area contributed by atoms with Crippen molar-refractivity contribution in [3.05, 3.63) is 47.7 Å². The summed E-state index contributed by atoms with van der Waals surface area (Å²) in [7, 11) is 0. The van der Waals surface area contributed by atoms with Crippen molar-refractivity contribution in [1.29, 1.82) is 0 Å². The summed E-state index contributed by atoms with van der Waals surface area (Å²) >= 11 is 0. The molecule has 0 aliphatic heterocycles. The molecule has 0 spiro atoms. The third-order valence-electron chi connectivity index (χ3n) is 4.68. The molecule has 23 heavy (non-hydrogen) atoms. The van der Waals surface area contributed by atoms with Crippen molar-refractivity contribution < 1.29 is 4.79 Å². The van der Waals surface area contributed by atoms with Crippen molar-refractivity contribution in [2.45, 2.75) is 57.9 Å². The third kappa shape index (κ3) is 4.01. The molecule has 0 saturated heterocycles. The first kappa shape index (κ1) is 15.8. The first-order valence-electron chi connectivity index (χ1n) is 8.67. The minimum absolute atomic E-state index is 0.0596. The van der Waals surface area contributed by atoms with Crippen LogP contribution < -0.4 is 5.32 Å². The van der Waals surface area contributed by atoms with E-state index in [2.05, 4.69) is 41.6 Å². The van der Waals surface area contributed by atoms with Crippen molar-refractivity contribution in [2.24, 2.45) is 0 Å². The predicted molar refractivity (Wildman–Crippen MR) is 92.5 cm³/mol. The van der Waals surface area contributed by atoms with Crippen molar-refractivity contribution in [3.63, 3.8) is 0 Å². The largest absolute Gasteiger partial charge is 0.311 e. The van der Waals surface area contributed by atoms with Gasteiger partial charge in [0.1, 0.15) is 5.82 Å². The minimum Gasteiger partial charge on any atom is -0.311 e. The Bertz CT molecular complexity index is 639. The van der Waals surface area contributed by atoms with E-state index in [0.717, 1.165) is 31.5 Å². The SMILES string of the molecule is CCc1ccc(CCC(=O)Nc2ccnn2C2CCCC2)cc1. The van der Waals surface area contributed by atoms with E-state index >= 15 is 0 Å². The number of nitrogens with zero attached hydrogens (tertiary/aromatic N) is 2. The molecule has 1 amide bonds. The second kappa shape index (κ2) is 7.44. The molecule has 1 aromatic heterocycles. The van der Waals surface area contributed by atoms with E-state index in [-0.39, 0.29) is 5.91 Å². The third-order valence-corrected chi connectivity index (χ3v) is 4.68. The predicted octanol–water partition coefficient (Wildman–Crippen LogP) is 4.13. The number of aryl methyl sites for hydroxylation is 2. The number of benzene rings is 1. The Balaban J connectivity index is 1.54. The standard InChI is InChI=1S/C19H25N3O/c1-2-15-7-9-16(10-8-15)11-12-19(23)21-18-13-14-20-22(18)17-5-3-4-6-17/h7-10,13-14,17H,2-6,11-12H2,1H3,(H,21,23). The average molecular weight is 311 g/mol. The van der Waals surface area contributed by atoms with Crippen molar-refractivity contribution in [3.8, 4) is 0 Å². The Morgan fingerprint density at radius 1 is 1.17 bits per heavy atom. The summed E-state index contributed by atoms with van der Waals surface area (Å²) in [6.45, 7) is 2.15. The first-order chi connectivity index (χ1) is 11.3. The lowest BCUT2D eigenvalue weighted by Gasteiger charge is -2.14. The van der Waals surface area contributed by atoms with E-state index in [4.69, 9.17) is 0 Å². The molecule has 0 bridgehead atoms. The number of hydrogen-bond acceptors (Lipinski definition) is 2. The van der Waals surface area contributed by atoms with Crippen LogP contribution >= 0.6 is 0 Å². The zero-order valence-electron chi connectivity index (χ0n) is 13.8. The molecule has 1 N–H and O–H groups in total. The number of carbonyl (C=O) groups is 1. The summed E-state index contributed by atoms with van der Waals surface area (Å²) in [5.74, 6) is 0.896. The lowest BCUT2D eigenvalue weighted by Crippen LogP contribution is -2.17. The molecule has 1 heterocycles. The van der Waals surface area contributed by atoms with Gasteiger partial charge in [-0.05, 0) is 36.8 Å². The van der Waals surface area contributed by atoms with Crippen LogP contribution in [-0.4, -0.2) is 15.7 Å². The van der Waals surface area contributed by atoms with Gasteiger partial charge < -0.3 is 5.32 Å². The van der Waals surface area contributed by atoms with Crippen molar-refractivity contribution in [1.82, 2.24) is 9.78 Å². The normalized spacial score (nSPS) is 15.0. The number of carbonyl (C=O) groups excluding carboxylic acids is 1. The highest BCUT2D eigenvalue weighted by atomic mass is 16.1. The molecule has 3 rings (SSSR count). The number of aromatic nitrogens is 2. The van der Waals surface area contributed by atoms with Crippen LogP contribution in [0.15, 0.2) is 36.5 Å². The van der Waals surface area contributed by atoms with E-state index in [1.54, 1.807) is 6.20 Å². The number of rotatable bonds is 6. The summed E-state index contributed by atoms with van der Waals surface area (Å²) in [4.78, 5) is 12.2. The van der Waals surface area contributed by atoms with Gasteiger partial charge in [-0.15, -0.1) is 0 Å². The monoisotopic (exact) mass is 311 g/mol. The Morgan fingerprint density at radius 2 is 1.87 bits per heavy atom. The highest BCUT2D eigenvalue weighted by Gasteiger charge is 2.20. The van der Waals surface area contributed by atoms with Gasteiger partial charge in [0.2, 0.25) is 5.91 Å². The van der Waals surface area contributed by atoms with Crippen molar-refractivity contribution >= 4 is 11.7 Å². The van der Waals surface area contributed by atoms with E-state index in [1.165, 1.54) is 24.0 Å². The number of anilines is 1. The van der Waals surface area contributed by atoms with Crippen LogP contribution in [0.3, 0.4) is 0 Å². The Kier molecular flexibility index (Phi) is 5.11. The maximum atomic E-state index is 12.2. The molecule has 2 aromatic rings. The maximum absolute atomic E-state index is 12.2. The van der Waals surface area contributed by atoms with Gasteiger partial charge in [0.05, 0.1) is 12.2 Å². The van der Waals surface area contributed by atoms with Crippen LogP contribution in [0.2, 0.25) is 0 Å². The van der Waals surface area contributed by atoms with Crippen LogP contribution in [-0.2, 0) is 17.6 Å². The van der Waals surface area contributed by atoms with Gasteiger partial charge >= 0.3 is 0 Å². The molecule has 0 atom stereocenters. The molecule has 1 fully saturated rings. The Labute approximate surface area is 137 Å². The molecular formula is C19H25N3O. The molecule has 4 nitrogen and oxygen atoms in total. The Hall–Kier alpha value is -2.10. The molecule has 0 unspecified atom stereocenters. The highest BCUT2D eigenvalue weighted by molar-refractivity contribution is 5.89. The first-order valence-corrected chi connectivity index (χ1v) is 8.67. The zero-order valence-corrected chi connectivity index (χ0v) is 13.8. The van der Waals surface area contributed by atoms with E-state index in [9.17, 15) is 4.79 Å². The topological polar surface area (TPSA) is 46.9 Å². The fourth-order valence-electron chi connectivity index (χ4n) is 3.26. The van der Waals surface area contributed by atoms with Gasteiger partial charge in [-0.1, -0.05) is 44.0 Å². The van der Waals surface area contributed by atoms with Crippen LogP contribution in [0.5, 0.6) is 0 Å². The van der Waals surface area contributed by atoms with Gasteiger partial charge in [-0.25, -0.2) is 4.68 Å². The molecular weight excluding hydrogens is 286 g/mol. The second-order valence-corrected chi connectivity index (χ2v) is 6.32. The number of hydrogen-bond donors (Lipinski definition) is 1. The van der Waals surface area contributed by atoms with E-state index in [0.29, 0.717) is 12.5 Å². The van der Waals surface area contributed by atoms with E-state index < -0.39 is 0 Å². The minimum atomic E-state index is 0.0596. The highest BCUT2D eigenvalue weighted by Crippen LogP contribution is 2.31. The lowest BCUT2D eigenvalue weighted by molar-refractivity contribution is -0.116. The summed E-state index contributed by atoms with van der Waals surface area (Å²) in [6, 6.07) is 10.9. The molecule has 4 heteroatoms. The van der Waals surface area contributed by atoms with Crippen molar-refractivity contribution in [2.75, 3.05) is 5.32 Å². The lowest BCUT2D eigenvalue weighted by atomic mass is 10.1. The van der Waals surface area contributed by atoms with Gasteiger partial charge in [-0.2, -0.15) is 5.10 Å². The number of amides is 1. The quantitative estimate of drug-likeness (QED) is 0.872. The van der Waals surface area contributed by atoms with Crippen LogP contribution in [0, 0.1) is 0 Å². The number of nitrogens with one attached hydrogen (secondary N) is 1. The summed E-state index contributed by atoms with van der Waals surface area (Å²) < 4.78 is 1.99. The fraction of sp³-hybridized carbons (Fsp3) is 0.474. The van der Waals surface area contributed by atoms with Gasteiger partial charge in [0.25, 0.3) is 0 Å². The average Bonchev–Trinajstić information content (AvgIpc) is 3.24. The molecule has 1 saturated carbocycles. The van der Waals surface area contributed by atoms with Crippen LogP contribution in [0.4, 0.5) is 5.82 Å². The van der Waals surface area contributed by atoms with Gasteiger partial charge in [0, 0.05) is 12.5 Å². The molecule has 1 aliphatic rings. The smallest absolute Gasteiger partial charge is 0.225 e. The van der Waals surface area contributed by atoms with Crippen LogP contribution in [0.1, 0.15) is 56.2 Å². The maximum Gasteiger partial charge on any atom is 0.225 e. The molecule has 1 aromatic carbocycles. The Morgan fingerprint density at radius 3 is 2.57 bits per heavy atom. The summed E-state index contributed by atoms with van der Waals surface area (Å²) in [5.41, 5.74) is 2.54. The molecule has 1 aliphatic carbocycles. The molecule has 122 valence electrons. The second-order valence-electron chi connectivity index (χ2n) is 6.32. The molecule has 0 radical (unpaired) electrons. The zero-order chi connectivity index (χ0) is 16.1. The van der Waals surface area contributed by atoms with E-state index in [1.807, 2.05) is 10.7 Å².